The molecule has 0 bridgehead atoms. The number of rotatable bonds is 3. The Morgan fingerprint density at radius 2 is 2.20 bits per heavy atom. The monoisotopic (exact) mass is 228 g/mol. The van der Waals surface area contributed by atoms with Gasteiger partial charge in [0.15, 0.2) is 0 Å². The number of hydrogen-bond donors (Lipinski definition) is 1. The molecule has 1 N–H and O–H groups in total. The SMILES string of the molecule is CCOC1CCC(n2[nH]nnc2=S)CC1. The fourth-order valence-corrected chi connectivity index (χ4v) is 2.38. The fourth-order valence-electron chi connectivity index (χ4n) is 2.15. The Bertz CT molecular complexity index is 353. The number of ether oxygens (including phenoxy) is 1. The molecule has 0 amide bonds. The molecule has 2 rings (SSSR count). The Labute approximate surface area is 93.8 Å². The lowest BCUT2D eigenvalue weighted by atomic mass is 9.93. The second kappa shape index (κ2) is 4.85. The van der Waals surface area contributed by atoms with Gasteiger partial charge in [0.25, 0.3) is 0 Å². The molecular formula is C9H16N4OS. The van der Waals surface area contributed by atoms with E-state index in [2.05, 4.69) is 15.5 Å². The van der Waals surface area contributed by atoms with Gasteiger partial charge in [-0.15, -0.1) is 0 Å². The molecule has 0 saturated heterocycles. The lowest BCUT2D eigenvalue weighted by molar-refractivity contribution is 0.0256. The van der Waals surface area contributed by atoms with Gasteiger partial charge in [-0.05, 0) is 44.8 Å². The molecule has 0 aromatic carbocycles. The minimum atomic E-state index is 0.421. The van der Waals surface area contributed by atoms with Crippen LogP contribution >= 0.6 is 12.2 Å². The molecule has 0 spiro atoms. The van der Waals surface area contributed by atoms with Gasteiger partial charge in [0, 0.05) is 6.61 Å². The topological polar surface area (TPSA) is 55.7 Å². The zero-order valence-electron chi connectivity index (χ0n) is 8.85. The number of H-pyrrole nitrogens is 1. The average Bonchev–Trinajstić information content (AvgIpc) is 2.66. The van der Waals surface area contributed by atoms with Crippen molar-refractivity contribution in [3.05, 3.63) is 4.77 Å². The Hall–Kier alpha value is -0.750. The summed E-state index contributed by atoms with van der Waals surface area (Å²) in [6.07, 6.45) is 4.79. The number of aromatic amines is 1. The van der Waals surface area contributed by atoms with Crippen molar-refractivity contribution in [3.63, 3.8) is 0 Å². The Balaban J connectivity index is 1.94. The molecule has 1 aliphatic rings. The quantitative estimate of drug-likeness (QED) is 0.802. The summed E-state index contributed by atoms with van der Waals surface area (Å²) in [6, 6.07) is 0.421. The molecule has 0 aliphatic heterocycles. The van der Waals surface area contributed by atoms with Crippen LogP contribution in [0.15, 0.2) is 0 Å². The van der Waals surface area contributed by atoms with E-state index in [1.54, 1.807) is 0 Å². The van der Waals surface area contributed by atoms with E-state index in [-0.39, 0.29) is 0 Å². The molecule has 1 aliphatic carbocycles. The maximum absolute atomic E-state index is 5.60. The van der Waals surface area contributed by atoms with E-state index in [1.165, 1.54) is 0 Å². The van der Waals surface area contributed by atoms with Crippen LogP contribution in [0.2, 0.25) is 0 Å². The summed E-state index contributed by atoms with van der Waals surface area (Å²) in [4.78, 5) is 0. The van der Waals surface area contributed by atoms with Crippen molar-refractivity contribution in [2.75, 3.05) is 6.61 Å². The predicted molar refractivity (Wildman–Crippen MR) is 58.1 cm³/mol. The molecule has 1 heterocycles. The van der Waals surface area contributed by atoms with Crippen molar-refractivity contribution >= 4 is 12.2 Å². The first-order valence-corrected chi connectivity index (χ1v) is 5.83. The van der Waals surface area contributed by atoms with Crippen LogP contribution in [-0.2, 0) is 4.74 Å². The molecule has 1 saturated carbocycles. The summed E-state index contributed by atoms with van der Waals surface area (Å²) < 4.78 is 8.04. The van der Waals surface area contributed by atoms with Crippen LogP contribution in [0.4, 0.5) is 0 Å². The van der Waals surface area contributed by atoms with Crippen molar-refractivity contribution in [2.45, 2.75) is 44.8 Å². The molecule has 1 aromatic heterocycles. The average molecular weight is 228 g/mol. The van der Waals surface area contributed by atoms with Gasteiger partial charge in [0.05, 0.1) is 12.1 Å². The summed E-state index contributed by atoms with van der Waals surface area (Å²) in [5.74, 6) is 0. The Kier molecular flexibility index (Phi) is 3.48. The van der Waals surface area contributed by atoms with Crippen LogP contribution in [-0.4, -0.2) is 32.9 Å². The second-order valence-corrected chi connectivity index (χ2v) is 4.20. The number of aromatic nitrogens is 4. The third-order valence-electron chi connectivity index (χ3n) is 2.91. The Morgan fingerprint density at radius 1 is 1.47 bits per heavy atom. The first-order chi connectivity index (χ1) is 7.31. The zero-order chi connectivity index (χ0) is 10.7. The molecule has 15 heavy (non-hydrogen) atoms. The van der Waals surface area contributed by atoms with Crippen molar-refractivity contribution < 1.29 is 4.74 Å². The summed E-state index contributed by atoms with van der Waals surface area (Å²) in [7, 11) is 0. The van der Waals surface area contributed by atoms with Crippen molar-refractivity contribution in [1.82, 2.24) is 20.2 Å². The number of nitrogens with zero attached hydrogens (tertiary/aromatic N) is 3. The van der Waals surface area contributed by atoms with Crippen LogP contribution < -0.4 is 0 Å². The van der Waals surface area contributed by atoms with Gasteiger partial charge in [-0.2, -0.15) is 5.21 Å². The largest absolute Gasteiger partial charge is 0.379 e. The van der Waals surface area contributed by atoms with Gasteiger partial charge < -0.3 is 4.74 Å². The molecular weight excluding hydrogens is 212 g/mol. The summed E-state index contributed by atoms with van der Waals surface area (Å²) in [5, 5.41) is 10.3. The van der Waals surface area contributed by atoms with E-state index in [9.17, 15) is 0 Å². The van der Waals surface area contributed by atoms with E-state index >= 15 is 0 Å². The highest BCUT2D eigenvalue weighted by atomic mass is 32.1. The molecule has 0 unspecified atom stereocenters. The van der Waals surface area contributed by atoms with Crippen molar-refractivity contribution in [3.8, 4) is 0 Å². The predicted octanol–water partition coefficient (Wildman–Crippen LogP) is 1.86. The van der Waals surface area contributed by atoms with Gasteiger partial charge in [-0.1, -0.05) is 10.3 Å². The highest BCUT2D eigenvalue weighted by Crippen LogP contribution is 2.29. The number of hydrogen-bond acceptors (Lipinski definition) is 4. The van der Waals surface area contributed by atoms with Gasteiger partial charge in [-0.3, -0.25) is 0 Å². The van der Waals surface area contributed by atoms with E-state index in [0.717, 1.165) is 32.3 Å². The molecule has 1 fully saturated rings. The van der Waals surface area contributed by atoms with Crippen molar-refractivity contribution in [1.29, 1.82) is 0 Å². The molecule has 5 nitrogen and oxygen atoms in total. The molecule has 1 aromatic rings. The van der Waals surface area contributed by atoms with Gasteiger partial charge in [-0.25, -0.2) is 4.68 Å². The van der Waals surface area contributed by atoms with E-state index in [0.29, 0.717) is 16.9 Å². The third-order valence-corrected chi connectivity index (χ3v) is 3.18. The third kappa shape index (κ3) is 2.43. The standard InChI is InChI=1S/C9H16N4OS/c1-2-14-8-5-3-7(4-6-8)13-9(15)10-11-12-13/h7-8H,2-6H2,1H3,(H,10,12,15). The summed E-state index contributed by atoms with van der Waals surface area (Å²) in [5.41, 5.74) is 0. The van der Waals surface area contributed by atoms with Crippen LogP contribution in [0.3, 0.4) is 0 Å². The highest BCUT2D eigenvalue weighted by molar-refractivity contribution is 7.71. The van der Waals surface area contributed by atoms with E-state index < -0.39 is 0 Å². The fraction of sp³-hybridized carbons (Fsp3) is 0.889. The van der Waals surface area contributed by atoms with Gasteiger partial charge in [0.2, 0.25) is 4.77 Å². The first-order valence-electron chi connectivity index (χ1n) is 5.42. The van der Waals surface area contributed by atoms with Gasteiger partial charge in [0.1, 0.15) is 0 Å². The lowest BCUT2D eigenvalue weighted by Gasteiger charge is -2.28. The first kappa shape index (κ1) is 10.8. The van der Waals surface area contributed by atoms with Crippen LogP contribution in [0.5, 0.6) is 0 Å². The van der Waals surface area contributed by atoms with Crippen molar-refractivity contribution in [2.24, 2.45) is 0 Å². The second-order valence-electron chi connectivity index (χ2n) is 3.84. The van der Waals surface area contributed by atoms with Crippen LogP contribution in [0.25, 0.3) is 0 Å². The van der Waals surface area contributed by atoms with Gasteiger partial charge >= 0.3 is 0 Å². The maximum Gasteiger partial charge on any atom is 0.238 e. The number of tetrazole rings is 1. The smallest absolute Gasteiger partial charge is 0.238 e. The summed E-state index contributed by atoms with van der Waals surface area (Å²) >= 11 is 5.07. The molecule has 0 atom stereocenters. The minimum Gasteiger partial charge on any atom is -0.379 e. The Morgan fingerprint density at radius 3 is 2.73 bits per heavy atom. The molecule has 84 valence electrons. The van der Waals surface area contributed by atoms with Crippen LogP contribution in [0.1, 0.15) is 38.6 Å². The van der Waals surface area contributed by atoms with E-state index in [4.69, 9.17) is 17.0 Å². The summed E-state index contributed by atoms with van der Waals surface area (Å²) in [6.45, 7) is 2.85. The zero-order valence-corrected chi connectivity index (χ0v) is 9.66. The minimum absolute atomic E-state index is 0.421. The number of nitrogens with one attached hydrogen (secondary N) is 1. The molecule has 0 radical (unpaired) electrons. The van der Waals surface area contributed by atoms with E-state index in [1.807, 2.05) is 11.6 Å². The normalized spacial score (nSPS) is 26.7. The highest BCUT2D eigenvalue weighted by Gasteiger charge is 2.23. The maximum atomic E-state index is 5.60. The molecule has 6 heteroatoms. The lowest BCUT2D eigenvalue weighted by Crippen LogP contribution is -2.24. The van der Waals surface area contributed by atoms with Crippen LogP contribution in [0, 0.1) is 4.77 Å².